The molecule has 0 saturated heterocycles. The van der Waals surface area contributed by atoms with Crippen molar-refractivity contribution < 1.29 is 27.4 Å². The van der Waals surface area contributed by atoms with Crippen molar-refractivity contribution in [2.24, 2.45) is 0 Å². The maximum Gasteiger partial charge on any atom is 0.410 e. The SMILES string of the molecule is COc1ccc([C@@H]2C[C@H](C(F)(F)F)n3ncc(C(=O)Nc4cc(Cl)ccc4C)c3N2)cc1OC. The minimum atomic E-state index is -4.57. The predicted molar refractivity (Wildman–Crippen MR) is 122 cm³/mol. The van der Waals surface area contributed by atoms with Gasteiger partial charge in [0.05, 0.1) is 26.5 Å². The third-order valence-corrected chi connectivity index (χ3v) is 5.98. The van der Waals surface area contributed by atoms with Crippen molar-refractivity contribution in [2.45, 2.75) is 31.6 Å². The van der Waals surface area contributed by atoms with Crippen molar-refractivity contribution in [3.8, 4) is 11.5 Å². The van der Waals surface area contributed by atoms with Crippen LogP contribution in [0.5, 0.6) is 11.5 Å². The number of hydrogen-bond donors (Lipinski definition) is 2. The molecule has 0 bridgehead atoms. The monoisotopic (exact) mass is 494 g/mol. The number of carbonyl (C=O) groups excluding carboxylic acids is 1. The van der Waals surface area contributed by atoms with Gasteiger partial charge in [0.1, 0.15) is 11.4 Å². The summed E-state index contributed by atoms with van der Waals surface area (Å²) in [5.74, 6) is 0.216. The summed E-state index contributed by atoms with van der Waals surface area (Å²) >= 11 is 6.02. The van der Waals surface area contributed by atoms with Gasteiger partial charge in [0.15, 0.2) is 17.5 Å². The Bertz CT molecular complexity index is 1230. The summed E-state index contributed by atoms with van der Waals surface area (Å²) < 4.78 is 53.3. The predicted octanol–water partition coefficient (Wildman–Crippen LogP) is 5.77. The van der Waals surface area contributed by atoms with Gasteiger partial charge in [-0.3, -0.25) is 4.79 Å². The molecule has 0 aliphatic carbocycles. The first kappa shape index (κ1) is 23.7. The largest absolute Gasteiger partial charge is 0.493 e. The number of aryl methyl sites for hydroxylation is 1. The highest BCUT2D eigenvalue weighted by Gasteiger charge is 2.47. The number of rotatable bonds is 5. The van der Waals surface area contributed by atoms with E-state index in [1.54, 1.807) is 43.3 Å². The molecule has 0 fully saturated rings. The number of carbonyl (C=O) groups is 1. The Morgan fingerprint density at radius 1 is 1.18 bits per heavy atom. The highest BCUT2D eigenvalue weighted by atomic mass is 35.5. The number of halogens is 4. The second kappa shape index (κ2) is 9.09. The smallest absolute Gasteiger partial charge is 0.410 e. The highest BCUT2D eigenvalue weighted by molar-refractivity contribution is 6.31. The lowest BCUT2D eigenvalue weighted by Gasteiger charge is -2.34. The maximum absolute atomic E-state index is 14.0. The van der Waals surface area contributed by atoms with Gasteiger partial charge in [0.2, 0.25) is 0 Å². The lowest BCUT2D eigenvalue weighted by Crippen LogP contribution is -2.36. The van der Waals surface area contributed by atoms with Crippen LogP contribution in [-0.4, -0.2) is 36.1 Å². The van der Waals surface area contributed by atoms with E-state index in [1.807, 2.05) is 0 Å². The Morgan fingerprint density at radius 2 is 1.91 bits per heavy atom. The lowest BCUT2D eigenvalue weighted by atomic mass is 9.96. The molecular formula is C23H22ClF3N4O3. The maximum atomic E-state index is 14.0. The Balaban J connectivity index is 1.71. The molecule has 1 amide bonds. The van der Waals surface area contributed by atoms with Gasteiger partial charge in [0.25, 0.3) is 5.91 Å². The van der Waals surface area contributed by atoms with Crippen LogP contribution >= 0.6 is 11.6 Å². The van der Waals surface area contributed by atoms with Crippen molar-refractivity contribution in [1.82, 2.24) is 9.78 Å². The molecule has 0 radical (unpaired) electrons. The Hall–Kier alpha value is -3.40. The summed E-state index contributed by atoms with van der Waals surface area (Å²) in [6.45, 7) is 1.78. The zero-order valence-electron chi connectivity index (χ0n) is 18.5. The molecule has 0 saturated carbocycles. The van der Waals surface area contributed by atoms with Gasteiger partial charge in [-0.1, -0.05) is 23.7 Å². The third-order valence-electron chi connectivity index (χ3n) is 5.74. The van der Waals surface area contributed by atoms with Crippen LogP contribution in [0.3, 0.4) is 0 Å². The van der Waals surface area contributed by atoms with E-state index < -0.39 is 24.2 Å². The van der Waals surface area contributed by atoms with E-state index >= 15 is 0 Å². The van der Waals surface area contributed by atoms with Crippen molar-refractivity contribution >= 4 is 29.0 Å². The van der Waals surface area contributed by atoms with E-state index in [-0.39, 0.29) is 17.8 Å². The molecule has 1 aliphatic rings. The van der Waals surface area contributed by atoms with Crippen molar-refractivity contribution in [3.05, 3.63) is 64.3 Å². The molecule has 1 aromatic heterocycles. The number of aromatic nitrogens is 2. The molecule has 1 aliphatic heterocycles. The molecule has 0 unspecified atom stereocenters. The van der Waals surface area contributed by atoms with Gasteiger partial charge in [-0.05, 0) is 42.3 Å². The summed E-state index contributed by atoms with van der Waals surface area (Å²) in [6, 6.07) is 7.21. The zero-order valence-corrected chi connectivity index (χ0v) is 19.3. The molecule has 4 rings (SSSR count). The van der Waals surface area contributed by atoms with Crippen LogP contribution in [0, 0.1) is 6.92 Å². The number of alkyl halides is 3. The molecule has 180 valence electrons. The average Bonchev–Trinajstić information content (AvgIpc) is 3.23. The van der Waals surface area contributed by atoms with Gasteiger partial charge in [0, 0.05) is 17.1 Å². The summed E-state index contributed by atoms with van der Waals surface area (Å²) in [5, 5.41) is 10.1. The van der Waals surface area contributed by atoms with Crippen molar-refractivity contribution in [1.29, 1.82) is 0 Å². The average molecular weight is 495 g/mol. The molecule has 2 aromatic carbocycles. The molecule has 34 heavy (non-hydrogen) atoms. The Morgan fingerprint density at radius 3 is 2.59 bits per heavy atom. The van der Waals surface area contributed by atoms with E-state index in [9.17, 15) is 18.0 Å². The molecule has 3 aromatic rings. The van der Waals surface area contributed by atoms with Crippen LogP contribution in [0.25, 0.3) is 0 Å². The minimum Gasteiger partial charge on any atom is -0.493 e. The molecule has 0 spiro atoms. The Kier molecular flexibility index (Phi) is 6.35. The minimum absolute atomic E-state index is 0.0150. The third kappa shape index (κ3) is 4.50. The number of ether oxygens (including phenoxy) is 2. The zero-order chi connectivity index (χ0) is 24.6. The van der Waals surface area contributed by atoms with Crippen LogP contribution in [-0.2, 0) is 0 Å². The number of anilines is 2. The number of amides is 1. The van der Waals surface area contributed by atoms with Crippen molar-refractivity contribution in [3.63, 3.8) is 0 Å². The van der Waals surface area contributed by atoms with E-state index in [0.29, 0.717) is 27.8 Å². The fourth-order valence-corrected chi connectivity index (χ4v) is 4.11. The molecular weight excluding hydrogens is 473 g/mol. The van der Waals surface area contributed by atoms with E-state index in [1.165, 1.54) is 14.2 Å². The topological polar surface area (TPSA) is 77.4 Å². The van der Waals surface area contributed by atoms with E-state index in [0.717, 1.165) is 16.4 Å². The number of nitrogens with one attached hydrogen (secondary N) is 2. The number of fused-ring (bicyclic) bond motifs is 1. The first-order chi connectivity index (χ1) is 16.1. The van der Waals surface area contributed by atoms with Gasteiger partial charge in [-0.2, -0.15) is 18.3 Å². The van der Waals surface area contributed by atoms with Crippen LogP contribution in [0.1, 0.15) is 40.0 Å². The standard InChI is InChI=1S/C23H22ClF3N4O3/c1-12-4-6-14(24)9-16(12)30-22(32)15-11-28-31-20(23(25,26)27)10-17(29-21(15)31)13-5-7-18(33-2)19(8-13)34-3/h4-9,11,17,20,29H,10H2,1-3H3,(H,30,32)/t17-,20+/m0/s1. The second-order valence-electron chi connectivity index (χ2n) is 7.87. The summed E-state index contributed by atoms with van der Waals surface area (Å²) in [4.78, 5) is 13.0. The quantitative estimate of drug-likeness (QED) is 0.470. The van der Waals surface area contributed by atoms with Crippen LogP contribution in [0.4, 0.5) is 24.7 Å². The van der Waals surface area contributed by atoms with Crippen molar-refractivity contribution in [2.75, 3.05) is 24.9 Å². The Labute approximate surface area is 198 Å². The van der Waals surface area contributed by atoms with Crippen LogP contribution in [0.2, 0.25) is 5.02 Å². The highest BCUT2D eigenvalue weighted by Crippen LogP contribution is 2.45. The van der Waals surface area contributed by atoms with Crippen LogP contribution < -0.4 is 20.1 Å². The first-order valence-electron chi connectivity index (χ1n) is 10.3. The van der Waals surface area contributed by atoms with Gasteiger partial charge < -0.3 is 20.1 Å². The molecule has 2 N–H and O–H groups in total. The van der Waals surface area contributed by atoms with Crippen LogP contribution in [0.15, 0.2) is 42.6 Å². The molecule has 7 nitrogen and oxygen atoms in total. The summed E-state index contributed by atoms with van der Waals surface area (Å²) in [5.41, 5.74) is 1.75. The number of methoxy groups -OCH3 is 2. The van der Waals surface area contributed by atoms with Gasteiger partial charge in [-0.15, -0.1) is 0 Å². The van der Waals surface area contributed by atoms with E-state index in [4.69, 9.17) is 21.1 Å². The summed E-state index contributed by atoms with van der Waals surface area (Å²) in [7, 11) is 2.92. The van der Waals surface area contributed by atoms with Gasteiger partial charge in [-0.25, -0.2) is 4.68 Å². The number of benzene rings is 2. The van der Waals surface area contributed by atoms with Gasteiger partial charge >= 0.3 is 6.18 Å². The second-order valence-corrected chi connectivity index (χ2v) is 8.31. The fraction of sp³-hybridized carbons (Fsp3) is 0.304. The molecule has 2 heterocycles. The fourth-order valence-electron chi connectivity index (χ4n) is 3.94. The molecule has 11 heteroatoms. The normalized spacial score (nSPS) is 17.5. The molecule has 2 atom stereocenters. The van der Waals surface area contributed by atoms with E-state index in [2.05, 4.69) is 15.7 Å². The lowest BCUT2D eigenvalue weighted by molar-refractivity contribution is -0.173. The first-order valence-corrected chi connectivity index (χ1v) is 10.7. The number of hydrogen-bond acceptors (Lipinski definition) is 5. The summed E-state index contributed by atoms with van der Waals surface area (Å²) in [6.07, 6.45) is -3.76. The number of nitrogens with zero attached hydrogens (tertiary/aromatic N) is 2.